The van der Waals surface area contributed by atoms with Crippen molar-refractivity contribution >= 4 is 5.78 Å². The molecule has 1 unspecified atom stereocenters. The first-order chi connectivity index (χ1) is 8.50. The quantitative estimate of drug-likeness (QED) is 0.733. The fraction of sp³-hybridized carbons (Fsp3) is 0.933. The molecule has 18 heavy (non-hydrogen) atoms. The van der Waals surface area contributed by atoms with Gasteiger partial charge in [0.25, 0.3) is 0 Å². The van der Waals surface area contributed by atoms with E-state index in [0.717, 1.165) is 19.3 Å². The van der Waals surface area contributed by atoms with Gasteiger partial charge in [0.2, 0.25) is 0 Å². The summed E-state index contributed by atoms with van der Waals surface area (Å²) in [5.74, 6) is 1.31. The van der Waals surface area contributed by atoms with Gasteiger partial charge in [-0.15, -0.1) is 0 Å². The van der Waals surface area contributed by atoms with Gasteiger partial charge in [-0.1, -0.05) is 46.0 Å². The lowest BCUT2D eigenvalue weighted by molar-refractivity contribution is -0.122. The molecule has 1 fully saturated rings. The molecule has 0 bridgehead atoms. The Bertz CT molecular complexity index is 247. The summed E-state index contributed by atoms with van der Waals surface area (Å²) >= 11 is 0. The summed E-state index contributed by atoms with van der Waals surface area (Å²) in [4.78, 5) is 12.1. The summed E-state index contributed by atoms with van der Waals surface area (Å²) in [7, 11) is 0. The van der Waals surface area contributed by atoms with E-state index in [1.165, 1.54) is 32.1 Å². The van der Waals surface area contributed by atoms with E-state index in [1.54, 1.807) is 0 Å². The molecule has 0 saturated heterocycles. The number of hydrogen-bond acceptors (Lipinski definition) is 3. The first-order valence-electron chi connectivity index (χ1n) is 7.55. The summed E-state index contributed by atoms with van der Waals surface area (Å²) in [6.45, 7) is 4.30. The molecule has 0 radical (unpaired) electrons. The Morgan fingerprint density at radius 2 is 1.67 bits per heavy atom. The highest BCUT2D eigenvalue weighted by atomic mass is 16.1. The van der Waals surface area contributed by atoms with Gasteiger partial charge in [-0.05, 0) is 31.1 Å². The fourth-order valence-electron chi connectivity index (χ4n) is 2.83. The lowest BCUT2D eigenvalue weighted by atomic mass is 9.83. The van der Waals surface area contributed by atoms with Crippen LogP contribution >= 0.6 is 0 Å². The molecule has 0 spiro atoms. The van der Waals surface area contributed by atoms with Gasteiger partial charge in [0, 0.05) is 0 Å². The Kier molecular flexibility index (Phi) is 6.87. The van der Waals surface area contributed by atoms with E-state index in [-0.39, 0.29) is 17.9 Å². The molecule has 0 heterocycles. The Balaban J connectivity index is 2.30. The van der Waals surface area contributed by atoms with Crippen molar-refractivity contribution in [1.82, 2.24) is 0 Å². The van der Waals surface area contributed by atoms with Gasteiger partial charge < -0.3 is 11.5 Å². The molecule has 2 atom stereocenters. The van der Waals surface area contributed by atoms with Crippen LogP contribution in [0, 0.1) is 11.8 Å². The lowest BCUT2D eigenvalue weighted by Gasteiger charge is -2.25. The van der Waals surface area contributed by atoms with Crippen LogP contribution in [0.3, 0.4) is 0 Å². The van der Waals surface area contributed by atoms with Gasteiger partial charge in [-0.25, -0.2) is 0 Å². The maximum Gasteiger partial charge on any atom is 0.166 e. The molecule has 0 aliphatic heterocycles. The van der Waals surface area contributed by atoms with Crippen LogP contribution in [0.1, 0.15) is 65.2 Å². The molecular weight excluding hydrogens is 224 g/mol. The Hall–Kier alpha value is -0.410. The van der Waals surface area contributed by atoms with E-state index >= 15 is 0 Å². The second-order valence-corrected chi connectivity index (χ2v) is 6.33. The smallest absolute Gasteiger partial charge is 0.166 e. The molecule has 1 aliphatic carbocycles. The number of carbonyl (C=O) groups is 1. The molecule has 106 valence electrons. The fourth-order valence-corrected chi connectivity index (χ4v) is 2.83. The van der Waals surface area contributed by atoms with Crippen LogP contribution in [0.2, 0.25) is 0 Å². The van der Waals surface area contributed by atoms with Crippen molar-refractivity contribution in [2.24, 2.45) is 23.3 Å². The minimum Gasteiger partial charge on any atom is -0.321 e. The number of Topliss-reactive ketones (excluding diaryl/α,β-unsaturated/α-hetero) is 1. The van der Waals surface area contributed by atoms with E-state index in [4.69, 9.17) is 11.5 Å². The van der Waals surface area contributed by atoms with Crippen LogP contribution in [0.5, 0.6) is 0 Å². The SMILES string of the molecule is CC(C)CCC(N)C(=O)[C@@H](N)CC1CCCCC1. The first-order valence-corrected chi connectivity index (χ1v) is 7.55. The Labute approximate surface area is 112 Å². The number of hydrogen-bond donors (Lipinski definition) is 2. The van der Waals surface area contributed by atoms with Gasteiger partial charge in [0.05, 0.1) is 12.1 Å². The number of ketones is 1. The molecule has 4 N–H and O–H groups in total. The molecule has 3 nitrogen and oxygen atoms in total. The molecule has 0 aromatic heterocycles. The van der Waals surface area contributed by atoms with Crippen molar-refractivity contribution in [3.05, 3.63) is 0 Å². The first kappa shape index (κ1) is 15.6. The molecule has 0 amide bonds. The van der Waals surface area contributed by atoms with Gasteiger partial charge in [0.1, 0.15) is 0 Å². The minimum atomic E-state index is -0.356. The van der Waals surface area contributed by atoms with Crippen LogP contribution in [-0.2, 0) is 4.79 Å². The normalized spacial score (nSPS) is 20.9. The highest BCUT2D eigenvalue weighted by Crippen LogP contribution is 2.27. The predicted octanol–water partition coefficient (Wildman–Crippen LogP) is 2.62. The third-order valence-electron chi connectivity index (χ3n) is 4.10. The summed E-state index contributed by atoms with van der Waals surface area (Å²) in [6, 6.07) is -0.693. The van der Waals surface area contributed by atoms with E-state index in [2.05, 4.69) is 13.8 Å². The van der Waals surface area contributed by atoms with Crippen molar-refractivity contribution in [2.45, 2.75) is 77.3 Å². The maximum atomic E-state index is 12.1. The van der Waals surface area contributed by atoms with Crippen molar-refractivity contribution in [3.63, 3.8) is 0 Å². The van der Waals surface area contributed by atoms with Crippen LogP contribution in [0.4, 0.5) is 0 Å². The zero-order valence-electron chi connectivity index (χ0n) is 12.0. The van der Waals surface area contributed by atoms with Gasteiger partial charge >= 0.3 is 0 Å². The van der Waals surface area contributed by atoms with Gasteiger partial charge in [0.15, 0.2) is 5.78 Å². The molecule has 1 saturated carbocycles. The Morgan fingerprint density at radius 1 is 1.06 bits per heavy atom. The summed E-state index contributed by atoms with van der Waals surface area (Å²) in [6.07, 6.45) is 9.03. The molecule has 0 aromatic rings. The Morgan fingerprint density at radius 3 is 2.22 bits per heavy atom. The monoisotopic (exact) mass is 254 g/mol. The average Bonchev–Trinajstić information content (AvgIpc) is 2.36. The highest BCUT2D eigenvalue weighted by Gasteiger charge is 2.24. The number of carbonyl (C=O) groups excluding carboxylic acids is 1. The summed E-state index contributed by atoms with van der Waals surface area (Å²) < 4.78 is 0. The summed E-state index contributed by atoms with van der Waals surface area (Å²) in [5.41, 5.74) is 12.0. The van der Waals surface area contributed by atoms with Crippen molar-refractivity contribution < 1.29 is 4.79 Å². The highest BCUT2D eigenvalue weighted by molar-refractivity contribution is 5.88. The number of nitrogens with two attached hydrogens (primary N) is 2. The topological polar surface area (TPSA) is 69.1 Å². The van der Waals surface area contributed by atoms with Crippen LogP contribution in [-0.4, -0.2) is 17.9 Å². The minimum absolute atomic E-state index is 0.0706. The van der Waals surface area contributed by atoms with Crippen LogP contribution < -0.4 is 11.5 Å². The predicted molar refractivity (Wildman–Crippen MR) is 76.2 cm³/mol. The van der Waals surface area contributed by atoms with E-state index in [9.17, 15) is 4.79 Å². The second-order valence-electron chi connectivity index (χ2n) is 6.33. The lowest BCUT2D eigenvalue weighted by Crippen LogP contribution is -2.44. The van der Waals surface area contributed by atoms with Crippen LogP contribution in [0.15, 0.2) is 0 Å². The van der Waals surface area contributed by atoms with Gasteiger partial charge in [-0.2, -0.15) is 0 Å². The maximum absolute atomic E-state index is 12.1. The molecule has 1 aliphatic rings. The standard InChI is InChI=1S/C15H30N2O/c1-11(2)8-9-13(16)15(18)14(17)10-12-6-4-3-5-7-12/h11-14H,3-10,16-17H2,1-2H3/t13?,14-/m0/s1. The van der Waals surface area contributed by atoms with E-state index in [0.29, 0.717) is 11.8 Å². The third-order valence-corrected chi connectivity index (χ3v) is 4.10. The second kappa shape index (κ2) is 7.90. The molecule has 0 aromatic carbocycles. The van der Waals surface area contributed by atoms with E-state index in [1.807, 2.05) is 0 Å². The summed E-state index contributed by atoms with van der Waals surface area (Å²) in [5, 5.41) is 0. The van der Waals surface area contributed by atoms with Crippen molar-refractivity contribution in [3.8, 4) is 0 Å². The van der Waals surface area contributed by atoms with Gasteiger partial charge in [-0.3, -0.25) is 4.79 Å². The molecule has 3 heteroatoms. The van der Waals surface area contributed by atoms with Crippen molar-refractivity contribution in [1.29, 1.82) is 0 Å². The van der Waals surface area contributed by atoms with Crippen LogP contribution in [0.25, 0.3) is 0 Å². The largest absolute Gasteiger partial charge is 0.321 e. The molecular formula is C15H30N2O. The van der Waals surface area contributed by atoms with E-state index < -0.39 is 0 Å². The zero-order chi connectivity index (χ0) is 13.5. The average molecular weight is 254 g/mol. The van der Waals surface area contributed by atoms with Crippen molar-refractivity contribution in [2.75, 3.05) is 0 Å². The molecule has 1 rings (SSSR count). The zero-order valence-corrected chi connectivity index (χ0v) is 12.0. The third kappa shape index (κ3) is 5.49. The number of rotatable bonds is 7.